The summed E-state index contributed by atoms with van der Waals surface area (Å²) in [5.41, 5.74) is 5.93. The van der Waals surface area contributed by atoms with Crippen molar-refractivity contribution in [3.8, 4) is 6.07 Å². The Morgan fingerprint density at radius 2 is 1.68 bits per heavy atom. The van der Waals surface area contributed by atoms with Crippen molar-refractivity contribution in [2.45, 2.75) is 20.8 Å². The van der Waals surface area contributed by atoms with E-state index in [1.54, 1.807) is 12.1 Å². The second-order valence-electron chi connectivity index (χ2n) is 4.70. The zero-order valence-electron chi connectivity index (χ0n) is 11.2. The van der Waals surface area contributed by atoms with Gasteiger partial charge in [0, 0.05) is 10.7 Å². The Kier molecular flexibility index (Phi) is 3.78. The van der Waals surface area contributed by atoms with Crippen molar-refractivity contribution in [2.75, 3.05) is 5.32 Å². The standard InChI is InChI=1S/C16H15ClN2/c1-10-6-11(2)16(12(3)7-10)19-15-5-4-14(17)8-13(15)9-18/h4-8,19H,1-3H3. The molecule has 0 radical (unpaired) electrons. The summed E-state index contributed by atoms with van der Waals surface area (Å²) in [5.74, 6) is 0. The van der Waals surface area contributed by atoms with Gasteiger partial charge in [-0.1, -0.05) is 29.3 Å². The van der Waals surface area contributed by atoms with Crippen LogP contribution in [0.1, 0.15) is 22.3 Å². The van der Waals surface area contributed by atoms with Gasteiger partial charge in [0.05, 0.1) is 11.3 Å². The maximum absolute atomic E-state index is 9.15. The van der Waals surface area contributed by atoms with E-state index in [1.807, 2.05) is 6.07 Å². The van der Waals surface area contributed by atoms with Crippen molar-refractivity contribution in [2.24, 2.45) is 0 Å². The van der Waals surface area contributed by atoms with E-state index in [4.69, 9.17) is 16.9 Å². The molecule has 0 unspecified atom stereocenters. The number of nitrogens with one attached hydrogen (secondary N) is 1. The Balaban J connectivity index is 2.45. The molecule has 0 aliphatic carbocycles. The van der Waals surface area contributed by atoms with Gasteiger partial charge in [0.25, 0.3) is 0 Å². The molecule has 2 aromatic carbocycles. The van der Waals surface area contributed by atoms with Crippen molar-refractivity contribution in [1.82, 2.24) is 0 Å². The zero-order valence-corrected chi connectivity index (χ0v) is 12.0. The normalized spacial score (nSPS) is 10.1. The van der Waals surface area contributed by atoms with Gasteiger partial charge >= 0.3 is 0 Å². The van der Waals surface area contributed by atoms with Crippen LogP contribution in [0.2, 0.25) is 5.02 Å². The number of nitriles is 1. The lowest BCUT2D eigenvalue weighted by Crippen LogP contribution is -1.99. The third-order valence-corrected chi connectivity index (χ3v) is 3.27. The molecule has 2 rings (SSSR count). The summed E-state index contributed by atoms with van der Waals surface area (Å²) in [6.45, 7) is 6.20. The Morgan fingerprint density at radius 3 is 2.26 bits per heavy atom. The fourth-order valence-electron chi connectivity index (χ4n) is 2.23. The highest BCUT2D eigenvalue weighted by molar-refractivity contribution is 6.30. The molecular weight excluding hydrogens is 256 g/mol. The number of benzene rings is 2. The maximum Gasteiger partial charge on any atom is 0.101 e. The van der Waals surface area contributed by atoms with Gasteiger partial charge in [-0.05, 0) is 50.1 Å². The number of halogens is 1. The summed E-state index contributed by atoms with van der Waals surface area (Å²) in [4.78, 5) is 0. The van der Waals surface area contributed by atoms with E-state index in [9.17, 15) is 0 Å². The van der Waals surface area contributed by atoms with Crippen LogP contribution in [-0.4, -0.2) is 0 Å². The van der Waals surface area contributed by atoms with E-state index >= 15 is 0 Å². The highest BCUT2D eigenvalue weighted by Crippen LogP contribution is 2.28. The molecule has 0 saturated heterocycles. The van der Waals surface area contributed by atoms with E-state index in [2.05, 4.69) is 44.3 Å². The quantitative estimate of drug-likeness (QED) is 0.844. The van der Waals surface area contributed by atoms with Crippen LogP contribution in [-0.2, 0) is 0 Å². The van der Waals surface area contributed by atoms with E-state index in [0.717, 1.165) is 22.5 Å². The third-order valence-electron chi connectivity index (χ3n) is 3.04. The largest absolute Gasteiger partial charge is 0.354 e. The lowest BCUT2D eigenvalue weighted by atomic mass is 10.0. The number of anilines is 2. The Labute approximate surface area is 118 Å². The van der Waals surface area contributed by atoms with Crippen molar-refractivity contribution in [3.05, 3.63) is 57.6 Å². The van der Waals surface area contributed by atoms with Crippen LogP contribution < -0.4 is 5.32 Å². The molecule has 0 aliphatic rings. The van der Waals surface area contributed by atoms with Crippen LogP contribution in [0.25, 0.3) is 0 Å². The highest BCUT2D eigenvalue weighted by atomic mass is 35.5. The van der Waals surface area contributed by atoms with Gasteiger partial charge in [-0.25, -0.2) is 0 Å². The topological polar surface area (TPSA) is 35.8 Å². The smallest absolute Gasteiger partial charge is 0.101 e. The molecule has 0 spiro atoms. The summed E-state index contributed by atoms with van der Waals surface area (Å²) in [6, 6.07) is 11.7. The highest BCUT2D eigenvalue weighted by Gasteiger charge is 2.08. The van der Waals surface area contributed by atoms with Gasteiger partial charge in [-0.3, -0.25) is 0 Å². The first-order chi connectivity index (χ1) is 9.01. The molecule has 19 heavy (non-hydrogen) atoms. The van der Waals surface area contributed by atoms with Crippen LogP contribution in [0.15, 0.2) is 30.3 Å². The van der Waals surface area contributed by atoms with Crippen molar-refractivity contribution in [3.63, 3.8) is 0 Å². The van der Waals surface area contributed by atoms with Crippen molar-refractivity contribution >= 4 is 23.0 Å². The average molecular weight is 271 g/mol. The Bertz CT molecular complexity index is 646. The van der Waals surface area contributed by atoms with Crippen LogP contribution in [0.5, 0.6) is 0 Å². The molecular formula is C16H15ClN2. The SMILES string of the molecule is Cc1cc(C)c(Nc2ccc(Cl)cc2C#N)c(C)c1. The van der Waals surface area contributed by atoms with Gasteiger partial charge in [0.1, 0.15) is 6.07 Å². The molecule has 2 aromatic rings. The first kappa shape index (κ1) is 13.5. The van der Waals surface area contributed by atoms with E-state index < -0.39 is 0 Å². The molecule has 0 atom stereocenters. The van der Waals surface area contributed by atoms with Crippen molar-refractivity contribution < 1.29 is 0 Å². The van der Waals surface area contributed by atoms with E-state index in [0.29, 0.717) is 10.6 Å². The second kappa shape index (κ2) is 5.34. The van der Waals surface area contributed by atoms with Crippen LogP contribution >= 0.6 is 11.6 Å². The summed E-state index contributed by atoms with van der Waals surface area (Å²) in [5, 5.41) is 13.1. The number of rotatable bonds is 2. The molecule has 0 bridgehead atoms. The monoisotopic (exact) mass is 270 g/mol. The first-order valence-corrected chi connectivity index (χ1v) is 6.43. The summed E-state index contributed by atoms with van der Waals surface area (Å²) in [7, 11) is 0. The number of aryl methyl sites for hydroxylation is 3. The average Bonchev–Trinajstić information content (AvgIpc) is 2.35. The van der Waals surface area contributed by atoms with Gasteiger partial charge in [-0.2, -0.15) is 5.26 Å². The van der Waals surface area contributed by atoms with Gasteiger partial charge in [-0.15, -0.1) is 0 Å². The molecule has 0 aromatic heterocycles. The van der Waals surface area contributed by atoms with Crippen LogP contribution in [0.3, 0.4) is 0 Å². The lowest BCUT2D eigenvalue weighted by Gasteiger charge is -2.15. The molecule has 3 heteroatoms. The molecule has 0 aliphatic heterocycles. The number of nitrogens with zero attached hydrogens (tertiary/aromatic N) is 1. The zero-order chi connectivity index (χ0) is 14.0. The van der Waals surface area contributed by atoms with E-state index in [1.165, 1.54) is 5.56 Å². The molecule has 0 amide bonds. The lowest BCUT2D eigenvalue weighted by molar-refractivity contribution is 1.31. The van der Waals surface area contributed by atoms with Crippen LogP contribution in [0.4, 0.5) is 11.4 Å². The minimum absolute atomic E-state index is 0.548. The number of hydrogen-bond donors (Lipinski definition) is 1. The predicted octanol–water partition coefficient (Wildman–Crippen LogP) is 4.88. The van der Waals surface area contributed by atoms with Gasteiger partial charge in [0.15, 0.2) is 0 Å². The minimum Gasteiger partial charge on any atom is -0.354 e. The molecule has 1 N–H and O–H groups in total. The fourth-order valence-corrected chi connectivity index (χ4v) is 2.40. The third kappa shape index (κ3) is 2.89. The summed E-state index contributed by atoms with van der Waals surface area (Å²) >= 11 is 5.90. The molecule has 0 saturated carbocycles. The van der Waals surface area contributed by atoms with Crippen molar-refractivity contribution in [1.29, 1.82) is 5.26 Å². The predicted molar refractivity (Wildman–Crippen MR) is 80.1 cm³/mol. The van der Waals surface area contributed by atoms with Crippen LogP contribution in [0, 0.1) is 32.1 Å². The fraction of sp³-hybridized carbons (Fsp3) is 0.188. The Morgan fingerprint density at radius 1 is 1.05 bits per heavy atom. The minimum atomic E-state index is 0.548. The molecule has 0 fully saturated rings. The van der Waals surface area contributed by atoms with E-state index in [-0.39, 0.29) is 0 Å². The first-order valence-electron chi connectivity index (χ1n) is 6.06. The summed E-state index contributed by atoms with van der Waals surface area (Å²) < 4.78 is 0. The second-order valence-corrected chi connectivity index (χ2v) is 5.14. The molecule has 96 valence electrons. The van der Waals surface area contributed by atoms with Gasteiger partial charge < -0.3 is 5.32 Å². The maximum atomic E-state index is 9.15. The Hall–Kier alpha value is -1.98. The number of hydrogen-bond acceptors (Lipinski definition) is 2. The molecule has 2 nitrogen and oxygen atoms in total. The summed E-state index contributed by atoms with van der Waals surface area (Å²) in [6.07, 6.45) is 0. The molecule has 0 heterocycles. The van der Waals surface area contributed by atoms with Gasteiger partial charge in [0.2, 0.25) is 0 Å².